The lowest BCUT2D eigenvalue weighted by molar-refractivity contribution is -0.123. The van der Waals surface area contributed by atoms with Crippen molar-refractivity contribution in [1.82, 2.24) is 5.32 Å². The lowest BCUT2D eigenvalue weighted by Crippen LogP contribution is -2.42. The first-order chi connectivity index (χ1) is 7.67. The van der Waals surface area contributed by atoms with E-state index in [9.17, 15) is 4.79 Å². The van der Waals surface area contributed by atoms with E-state index in [0.717, 1.165) is 5.56 Å². The lowest BCUT2D eigenvalue weighted by atomic mass is 10.1. The standard InChI is InChI=1S/C11H13N3O2/c12-5-8-1-3-9(4-2-8)6-14-11(16)10(13)7-15/h1-4,10,15H,6-7,13H2,(H,14,16). The third kappa shape index (κ3) is 3.35. The van der Waals surface area contributed by atoms with Crippen molar-refractivity contribution < 1.29 is 9.90 Å². The Morgan fingerprint density at radius 2 is 2.12 bits per heavy atom. The minimum atomic E-state index is -0.890. The average Bonchev–Trinajstić information content (AvgIpc) is 2.35. The predicted octanol–water partition coefficient (Wildman–Crippen LogP) is -0.506. The average molecular weight is 219 g/mol. The molecule has 84 valence electrons. The molecule has 0 spiro atoms. The number of nitrogens with zero attached hydrogens (tertiary/aromatic N) is 1. The molecule has 1 atom stereocenters. The van der Waals surface area contributed by atoms with Crippen molar-refractivity contribution in [2.24, 2.45) is 5.73 Å². The summed E-state index contributed by atoms with van der Waals surface area (Å²) in [5, 5.41) is 19.8. The molecule has 0 aliphatic rings. The highest BCUT2D eigenvalue weighted by atomic mass is 16.3. The van der Waals surface area contributed by atoms with Crippen molar-refractivity contribution in [3.63, 3.8) is 0 Å². The topological polar surface area (TPSA) is 99.1 Å². The fourth-order valence-electron chi connectivity index (χ4n) is 1.10. The van der Waals surface area contributed by atoms with Crippen LogP contribution in [0.1, 0.15) is 11.1 Å². The monoisotopic (exact) mass is 219 g/mol. The van der Waals surface area contributed by atoms with Crippen molar-refractivity contribution in [2.75, 3.05) is 6.61 Å². The summed E-state index contributed by atoms with van der Waals surface area (Å²) in [5.41, 5.74) is 6.77. The summed E-state index contributed by atoms with van der Waals surface area (Å²) in [6.07, 6.45) is 0. The van der Waals surface area contributed by atoms with Gasteiger partial charge in [-0.3, -0.25) is 4.79 Å². The Kier molecular flexibility index (Phi) is 4.45. The SMILES string of the molecule is N#Cc1ccc(CNC(=O)C(N)CO)cc1. The van der Waals surface area contributed by atoms with E-state index < -0.39 is 11.9 Å². The number of aliphatic hydroxyl groups excluding tert-OH is 1. The van der Waals surface area contributed by atoms with Gasteiger partial charge in [0.25, 0.3) is 0 Å². The molecule has 1 aromatic rings. The van der Waals surface area contributed by atoms with Crippen molar-refractivity contribution in [3.05, 3.63) is 35.4 Å². The number of carbonyl (C=O) groups is 1. The molecule has 0 bridgehead atoms. The van der Waals surface area contributed by atoms with Crippen LogP contribution in [0.2, 0.25) is 0 Å². The third-order valence-electron chi connectivity index (χ3n) is 2.08. The summed E-state index contributed by atoms with van der Waals surface area (Å²) in [6.45, 7) is -0.0442. The molecule has 1 rings (SSSR count). The van der Waals surface area contributed by atoms with E-state index in [1.807, 2.05) is 6.07 Å². The molecular weight excluding hydrogens is 206 g/mol. The second-order valence-corrected chi connectivity index (χ2v) is 3.32. The molecule has 5 heteroatoms. The first-order valence-corrected chi connectivity index (χ1v) is 4.80. The Bertz CT molecular complexity index is 395. The molecule has 0 radical (unpaired) electrons. The molecule has 1 aromatic carbocycles. The smallest absolute Gasteiger partial charge is 0.239 e. The van der Waals surface area contributed by atoms with Crippen LogP contribution in [0.4, 0.5) is 0 Å². The first-order valence-electron chi connectivity index (χ1n) is 4.80. The summed E-state index contributed by atoms with van der Waals surface area (Å²) in [5.74, 6) is -0.396. The minimum Gasteiger partial charge on any atom is -0.394 e. The lowest BCUT2D eigenvalue weighted by Gasteiger charge is -2.09. The summed E-state index contributed by atoms with van der Waals surface area (Å²) < 4.78 is 0. The van der Waals surface area contributed by atoms with Crippen LogP contribution >= 0.6 is 0 Å². The Hall–Kier alpha value is -1.90. The summed E-state index contributed by atoms with van der Waals surface area (Å²) in [7, 11) is 0. The van der Waals surface area contributed by atoms with Crippen molar-refractivity contribution in [2.45, 2.75) is 12.6 Å². The quantitative estimate of drug-likeness (QED) is 0.635. The van der Waals surface area contributed by atoms with Crippen LogP contribution in [0.15, 0.2) is 24.3 Å². The van der Waals surface area contributed by atoms with Gasteiger partial charge in [0.15, 0.2) is 0 Å². The van der Waals surface area contributed by atoms with Gasteiger partial charge in [-0.2, -0.15) is 5.26 Å². The number of nitriles is 1. The Morgan fingerprint density at radius 3 is 2.62 bits per heavy atom. The molecule has 0 aliphatic carbocycles. The van der Waals surface area contributed by atoms with Crippen LogP contribution in [-0.2, 0) is 11.3 Å². The highest BCUT2D eigenvalue weighted by Crippen LogP contribution is 2.02. The molecule has 0 saturated heterocycles. The normalized spacial score (nSPS) is 11.6. The van der Waals surface area contributed by atoms with Crippen LogP contribution in [0.5, 0.6) is 0 Å². The van der Waals surface area contributed by atoms with E-state index in [1.165, 1.54) is 0 Å². The van der Waals surface area contributed by atoms with Gasteiger partial charge < -0.3 is 16.2 Å². The van der Waals surface area contributed by atoms with E-state index >= 15 is 0 Å². The number of nitrogens with one attached hydrogen (secondary N) is 1. The van der Waals surface area contributed by atoms with Crippen LogP contribution < -0.4 is 11.1 Å². The second-order valence-electron chi connectivity index (χ2n) is 3.32. The van der Waals surface area contributed by atoms with Gasteiger partial charge >= 0.3 is 0 Å². The van der Waals surface area contributed by atoms with Gasteiger partial charge in [0.1, 0.15) is 6.04 Å². The van der Waals surface area contributed by atoms with Crippen LogP contribution in [0.3, 0.4) is 0 Å². The number of hydrogen-bond donors (Lipinski definition) is 3. The molecule has 4 N–H and O–H groups in total. The van der Waals surface area contributed by atoms with Crippen molar-refractivity contribution >= 4 is 5.91 Å². The largest absolute Gasteiger partial charge is 0.394 e. The molecule has 0 saturated carbocycles. The summed E-state index contributed by atoms with van der Waals surface area (Å²) in [4.78, 5) is 11.2. The summed E-state index contributed by atoms with van der Waals surface area (Å²) in [6, 6.07) is 7.97. The van der Waals surface area contributed by atoms with Gasteiger partial charge in [-0.15, -0.1) is 0 Å². The fourth-order valence-corrected chi connectivity index (χ4v) is 1.10. The van der Waals surface area contributed by atoms with Crippen molar-refractivity contribution in [1.29, 1.82) is 5.26 Å². The number of carbonyl (C=O) groups excluding carboxylic acids is 1. The Balaban J connectivity index is 2.49. The molecule has 1 amide bonds. The third-order valence-corrected chi connectivity index (χ3v) is 2.08. The van der Waals surface area contributed by atoms with Crippen molar-refractivity contribution in [3.8, 4) is 6.07 Å². The Labute approximate surface area is 93.5 Å². The maximum atomic E-state index is 11.2. The molecule has 0 heterocycles. The van der Waals surface area contributed by atoms with E-state index in [-0.39, 0.29) is 6.61 Å². The number of aliphatic hydroxyl groups is 1. The maximum Gasteiger partial charge on any atom is 0.239 e. The predicted molar refractivity (Wildman–Crippen MR) is 58.1 cm³/mol. The molecular formula is C11H13N3O2. The Morgan fingerprint density at radius 1 is 1.50 bits per heavy atom. The van der Waals surface area contributed by atoms with Gasteiger partial charge in [0.2, 0.25) is 5.91 Å². The zero-order chi connectivity index (χ0) is 12.0. The second kappa shape index (κ2) is 5.85. The minimum absolute atomic E-state index is 0.332. The molecule has 0 aliphatic heterocycles. The van der Waals surface area contributed by atoms with Gasteiger partial charge in [0, 0.05) is 6.54 Å². The highest BCUT2D eigenvalue weighted by molar-refractivity contribution is 5.81. The maximum absolute atomic E-state index is 11.2. The molecule has 5 nitrogen and oxygen atoms in total. The van der Waals surface area contributed by atoms with Crippen LogP contribution in [-0.4, -0.2) is 23.7 Å². The highest BCUT2D eigenvalue weighted by Gasteiger charge is 2.10. The summed E-state index contributed by atoms with van der Waals surface area (Å²) >= 11 is 0. The number of hydrogen-bond acceptors (Lipinski definition) is 4. The van der Waals surface area contributed by atoms with E-state index in [2.05, 4.69) is 5.32 Å². The van der Waals surface area contributed by atoms with E-state index in [0.29, 0.717) is 12.1 Å². The fraction of sp³-hybridized carbons (Fsp3) is 0.273. The van der Waals surface area contributed by atoms with Gasteiger partial charge in [-0.25, -0.2) is 0 Å². The van der Waals surface area contributed by atoms with E-state index in [4.69, 9.17) is 16.1 Å². The number of amides is 1. The van der Waals surface area contributed by atoms with Gasteiger partial charge in [-0.1, -0.05) is 12.1 Å². The van der Waals surface area contributed by atoms with Gasteiger partial charge in [-0.05, 0) is 17.7 Å². The number of benzene rings is 1. The van der Waals surface area contributed by atoms with Gasteiger partial charge in [0.05, 0.1) is 18.2 Å². The first kappa shape index (κ1) is 12.2. The number of nitrogens with two attached hydrogens (primary N) is 1. The van der Waals surface area contributed by atoms with Crippen LogP contribution in [0, 0.1) is 11.3 Å². The molecule has 0 fully saturated rings. The molecule has 1 unspecified atom stereocenters. The molecule has 0 aromatic heterocycles. The molecule has 16 heavy (non-hydrogen) atoms. The zero-order valence-electron chi connectivity index (χ0n) is 8.68. The number of rotatable bonds is 4. The van der Waals surface area contributed by atoms with Crippen LogP contribution in [0.25, 0.3) is 0 Å². The van der Waals surface area contributed by atoms with E-state index in [1.54, 1.807) is 24.3 Å². The zero-order valence-corrected chi connectivity index (χ0v) is 8.68.